The molecule has 1 rings (SSSR count). The van der Waals surface area contributed by atoms with Crippen LogP contribution in [0.15, 0.2) is 24.3 Å². The molecule has 88 valence electrons. The summed E-state index contributed by atoms with van der Waals surface area (Å²) in [6.07, 6.45) is 0. The van der Waals surface area contributed by atoms with Gasteiger partial charge in [-0.25, -0.2) is 0 Å². The second kappa shape index (κ2) is 6.12. The van der Waals surface area contributed by atoms with Crippen molar-refractivity contribution in [2.24, 2.45) is 0 Å². The fourth-order valence-electron chi connectivity index (χ4n) is 1.37. The lowest BCUT2D eigenvalue weighted by Gasteiger charge is -2.13. The van der Waals surface area contributed by atoms with E-state index in [1.165, 1.54) is 0 Å². The van der Waals surface area contributed by atoms with E-state index in [1.54, 1.807) is 13.0 Å². The quantitative estimate of drug-likeness (QED) is 0.702. The van der Waals surface area contributed by atoms with Crippen LogP contribution in [0.4, 0.5) is 5.69 Å². The van der Waals surface area contributed by atoms with Gasteiger partial charge < -0.3 is 15.7 Å². The maximum Gasteiger partial charge on any atom is 0.253 e. The van der Waals surface area contributed by atoms with Crippen LogP contribution in [-0.2, 0) is 0 Å². The number of para-hydroxylation sites is 1. The Morgan fingerprint density at radius 2 is 2.12 bits per heavy atom. The van der Waals surface area contributed by atoms with Gasteiger partial charge in [0.2, 0.25) is 0 Å². The lowest BCUT2D eigenvalue weighted by Crippen LogP contribution is -2.35. The summed E-state index contributed by atoms with van der Waals surface area (Å²) in [5.74, 6) is -0.168. The number of benzene rings is 1. The molecule has 4 nitrogen and oxygen atoms in total. The molecule has 16 heavy (non-hydrogen) atoms. The summed E-state index contributed by atoms with van der Waals surface area (Å²) in [6.45, 7) is 4.44. The number of carbonyl (C=O) groups is 1. The number of aliphatic hydroxyl groups excluding tert-OH is 1. The summed E-state index contributed by atoms with van der Waals surface area (Å²) >= 11 is 0. The fraction of sp³-hybridized carbons (Fsp3) is 0.417. The molecule has 1 atom stereocenters. The predicted molar refractivity (Wildman–Crippen MR) is 64.6 cm³/mol. The van der Waals surface area contributed by atoms with Crippen LogP contribution in [0, 0.1) is 0 Å². The van der Waals surface area contributed by atoms with E-state index in [-0.39, 0.29) is 18.6 Å². The highest BCUT2D eigenvalue weighted by Crippen LogP contribution is 2.14. The summed E-state index contributed by atoms with van der Waals surface area (Å²) < 4.78 is 0. The van der Waals surface area contributed by atoms with Gasteiger partial charge in [0.25, 0.3) is 5.91 Å². The summed E-state index contributed by atoms with van der Waals surface area (Å²) in [5, 5.41) is 14.7. The Kier molecular flexibility index (Phi) is 4.79. The molecule has 0 aliphatic carbocycles. The average Bonchev–Trinajstić information content (AvgIpc) is 2.30. The first-order valence-corrected chi connectivity index (χ1v) is 5.43. The molecule has 1 amide bonds. The van der Waals surface area contributed by atoms with Crippen LogP contribution in [0.25, 0.3) is 0 Å². The second-order valence-electron chi connectivity index (χ2n) is 3.63. The molecule has 0 radical (unpaired) electrons. The van der Waals surface area contributed by atoms with Crippen LogP contribution in [0.5, 0.6) is 0 Å². The predicted octanol–water partition coefficient (Wildman–Crippen LogP) is 1.23. The van der Waals surface area contributed by atoms with Gasteiger partial charge in [0.05, 0.1) is 12.2 Å². The number of rotatable bonds is 5. The van der Waals surface area contributed by atoms with Crippen LogP contribution in [0.3, 0.4) is 0 Å². The van der Waals surface area contributed by atoms with Gasteiger partial charge >= 0.3 is 0 Å². The summed E-state index contributed by atoms with van der Waals surface area (Å²) in [6, 6.07) is 7.09. The fourth-order valence-corrected chi connectivity index (χ4v) is 1.37. The van der Waals surface area contributed by atoms with E-state index in [4.69, 9.17) is 5.11 Å². The molecule has 0 spiro atoms. The number of aliphatic hydroxyl groups is 1. The van der Waals surface area contributed by atoms with Crippen LogP contribution < -0.4 is 10.6 Å². The molecule has 1 aromatic carbocycles. The van der Waals surface area contributed by atoms with E-state index in [0.717, 1.165) is 12.2 Å². The topological polar surface area (TPSA) is 61.4 Å². The number of anilines is 1. The Labute approximate surface area is 95.7 Å². The van der Waals surface area contributed by atoms with Gasteiger partial charge in [0.1, 0.15) is 0 Å². The summed E-state index contributed by atoms with van der Waals surface area (Å²) in [4.78, 5) is 11.8. The molecule has 0 bridgehead atoms. The molecule has 1 aromatic rings. The van der Waals surface area contributed by atoms with Gasteiger partial charge in [0.15, 0.2) is 0 Å². The van der Waals surface area contributed by atoms with Gasteiger partial charge in [0, 0.05) is 18.3 Å². The number of carbonyl (C=O) groups excluding carboxylic acids is 1. The van der Waals surface area contributed by atoms with Crippen LogP contribution >= 0.6 is 0 Å². The first-order valence-electron chi connectivity index (χ1n) is 5.43. The highest BCUT2D eigenvalue weighted by atomic mass is 16.3. The molecule has 4 heteroatoms. The Morgan fingerprint density at radius 1 is 1.44 bits per heavy atom. The molecule has 0 heterocycles. The maximum absolute atomic E-state index is 11.8. The van der Waals surface area contributed by atoms with E-state index >= 15 is 0 Å². The standard InChI is InChI=1S/C12H18N2O2/c1-3-13-11-7-5-4-6-10(11)12(16)14-9(2)8-15/h4-7,9,13,15H,3,8H2,1-2H3,(H,14,16)/t9-/m0/s1. The molecule has 3 N–H and O–H groups in total. The number of nitrogens with one attached hydrogen (secondary N) is 2. The van der Waals surface area contributed by atoms with Crippen LogP contribution in [0.1, 0.15) is 24.2 Å². The molecule has 0 fully saturated rings. The smallest absolute Gasteiger partial charge is 0.253 e. The van der Waals surface area contributed by atoms with Crippen molar-refractivity contribution in [1.82, 2.24) is 5.32 Å². The number of hydrogen-bond donors (Lipinski definition) is 3. The van der Waals surface area contributed by atoms with Gasteiger partial charge in [-0.2, -0.15) is 0 Å². The van der Waals surface area contributed by atoms with Crippen LogP contribution in [-0.4, -0.2) is 30.2 Å². The second-order valence-corrected chi connectivity index (χ2v) is 3.63. The molecular weight excluding hydrogens is 204 g/mol. The highest BCUT2D eigenvalue weighted by Gasteiger charge is 2.12. The van der Waals surface area contributed by atoms with Crippen molar-refractivity contribution in [3.05, 3.63) is 29.8 Å². The molecule has 0 aliphatic rings. The van der Waals surface area contributed by atoms with Gasteiger partial charge in [-0.15, -0.1) is 0 Å². The Bertz CT molecular complexity index is 353. The van der Waals surface area contributed by atoms with Crippen LogP contribution in [0.2, 0.25) is 0 Å². The first kappa shape index (κ1) is 12.5. The van der Waals surface area contributed by atoms with E-state index in [0.29, 0.717) is 5.56 Å². The van der Waals surface area contributed by atoms with Crippen molar-refractivity contribution in [2.75, 3.05) is 18.5 Å². The van der Waals surface area contributed by atoms with E-state index in [2.05, 4.69) is 10.6 Å². The number of hydrogen-bond acceptors (Lipinski definition) is 3. The highest BCUT2D eigenvalue weighted by molar-refractivity contribution is 5.99. The van der Waals surface area contributed by atoms with Crippen molar-refractivity contribution in [1.29, 1.82) is 0 Å². The largest absolute Gasteiger partial charge is 0.394 e. The monoisotopic (exact) mass is 222 g/mol. The zero-order valence-corrected chi connectivity index (χ0v) is 9.66. The van der Waals surface area contributed by atoms with E-state index < -0.39 is 0 Å². The lowest BCUT2D eigenvalue weighted by atomic mass is 10.1. The summed E-state index contributed by atoms with van der Waals surface area (Å²) in [5.41, 5.74) is 1.41. The van der Waals surface area contributed by atoms with Crippen molar-refractivity contribution in [3.8, 4) is 0 Å². The maximum atomic E-state index is 11.8. The van der Waals surface area contributed by atoms with Gasteiger partial charge in [-0.3, -0.25) is 4.79 Å². The lowest BCUT2D eigenvalue weighted by molar-refractivity contribution is 0.0923. The molecule has 0 aliphatic heterocycles. The minimum Gasteiger partial charge on any atom is -0.394 e. The molecule has 0 unspecified atom stereocenters. The van der Waals surface area contributed by atoms with Gasteiger partial charge in [-0.1, -0.05) is 12.1 Å². The Hall–Kier alpha value is -1.55. The van der Waals surface area contributed by atoms with Gasteiger partial charge in [-0.05, 0) is 26.0 Å². The molecule has 0 saturated carbocycles. The number of amides is 1. The van der Waals surface area contributed by atoms with Crippen molar-refractivity contribution in [3.63, 3.8) is 0 Å². The third kappa shape index (κ3) is 3.24. The average molecular weight is 222 g/mol. The van der Waals surface area contributed by atoms with Crippen molar-refractivity contribution < 1.29 is 9.90 Å². The molecule has 0 saturated heterocycles. The third-order valence-electron chi connectivity index (χ3n) is 2.19. The third-order valence-corrected chi connectivity index (χ3v) is 2.19. The Morgan fingerprint density at radius 3 is 2.75 bits per heavy atom. The zero-order chi connectivity index (χ0) is 12.0. The molecule has 0 aromatic heterocycles. The van der Waals surface area contributed by atoms with Crippen molar-refractivity contribution >= 4 is 11.6 Å². The Balaban J connectivity index is 2.81. The zero-order valence-electron chi connectivity index (χ0n) is 9.66. The minimum atomic E-state index is -0.234. The first-order chi connectivity index (χ1) is 7.69. The van der Waals surface area contributed by atoms with E-state index in [9.17, 15) is 4.79 Å². The SMILES string of the molecule is CCNc1ccccc1C(=O)N[C@@H](C)CO. The minimum absolute atomic E-state index is 0.0604. The summed E-state index contributed by atoms with van der Waals surface area (Å²) in [7, 11) is 0. The normalized spacial score (nSPS) is 11.9. The van der Waals surface area contributed by atoms with Crippen molar-refractivity contribution in [2.45, 2.75) is 19.9 Å². The molecular formula is C12H18N2O2. The van der Waals surface area contributed by atoms with E-state index in [1.807, 2.05) is 25.1 Å².